The zero-order valence-electron chi connectivity index (χ0n) is 19.2. The Morgan fingerprint density at radius 1 is 1.00 bits per heavy atom. The van der Waals surface area contributed by atoms with Crippen molar-refractivity contribution in [3.05, 3.63) is 88.2 Å². The van der Waals surface area contributed by atoms with Crippen molar-refractivity contribution in [2.24, 2.45) is 0 Å². The molecule has 3 rings (SSSR count). The summed E-state index contributed by atoms with van der Waals surface area (Å²) in [6, 6.07) is 15.3. The number of aromatic nitrogens is 1. The van der Waals surface area contributed by atoms with Crippen molar-refractivity contribution >= 4 is 17.7 Å². The Hall–Kier alpha value is -3.54. The second kappa shape index (κ2) is 10.7. The lowest BCUT2D eigenvalue weighted by Crippen LogP contribution is -2.29. The summed E-state index contributed by atoms with van der Waals surface area (Å²) < 4.78 is 7.11. The van der Waals surface area contributed by atoms with Crippen LogP contribution in [0.1, 0.15) is 40.4 Å². The summed E-state index contributed by atoms with van der Waals surface area (Å²) in [7, 11) is 0. The van der Waals surface area contributed by atoms with Gasteiger partial charge in [0.2, 0.25) is 0 Å². The Labute approximate surface area is 189 Å². The zero-order chi connectivity index (χ0) is 23.1. The van der Waals surface area contributed by atoms with Crippen LogP contribution in [-0.4, -0.2) is 23.2 Å². The molecule has 1 heterocycles. The lowest BCUT2D eigenvalue weighted by molar-refractivity contribution is -0.142. The first kappa shape index (κ1) is 23.1. The number of rotatable bonds is 8. The molecule has 168 valence electrons. The third-order valence-electron chi connectivity index (χ3n) is 5.39. The van der Waals surface area contributed by atoms with Crippen molar-refractivity contribution < 1.29 is 14.3 Å². The molecule has 0 aliphatic heterocycles. The standard InChI is InChI=1S/C26H31N3O3/c1-5-32-25(30)15-21-8-10-22(11-9-21)28-26(31)27-16-23-7-6-12-29(23)17-24-19(3)13-18(2)14-20(24)4/h6-14H,5,15-17H2,1-4H3,(H2,27,28,31). The number of amides is 2. The van der Waals surface area contributed by atoms with E-state index in [-0.39, 0.29) is 18.4 Å². The number of esters is 1. The number of urea groups is 1. The summed E-state index contributed by atoms with van der Waals surface area (Å²) in [5.41, 5.74) is 7.66. The van der Waals surface area contributed by atoms with E-state index in [4.69, 9.17) is 4.74 Å². The average molecular weight is 434 g/mol. The molecule has 3 aromatic rings. The van der Waals surface area contributed by atoms with Gasteiger partial charge in [-0.1, -0.05) is 29.8 Å². The lowest BCUT2D eigenvalue weighted by Gasteiger charge is -2.15. The van der Waals surface area contributed by atoms with E-state index in [1.54, 1.807) is 19.1 Å². The van der Waals surface area contributed by atoms with Crippen molar-refractivity contribution in [2.75, 3.05) is 11.9 Å². The first-order valence-corrected chi connectivity index (χ1v) is 10.9. The molecule has 6 heteroatoms. The van der Waals surface area contributed by atoms with Crippen LogP contribution in [0.2, 0.25) is 0 Å². The van der Waals surface area contributed by atoms with E-state index in [2.05, 4.69) is 48.1 Å². The zero-order valence-corrected chi connectivity index (χ0v) is 19.2. The van der Waals surface area contributed by atoms with Gasteiger partial charge in [0.25, 0.3) is 0 Å². The maximum absolute atomic E-state index is 12.4. The highest BCUT2D eigenvalue weighted by Crippen LogP contribution is 2.19. The van der Waals surface area contributed by atoms with Crippen molar-refractivity contribution in [1.82, 2.24) is 9.88 Å². The summed E-state index contributed by atoms with van der Waals surface area (Å²) in [6.07, 6.45) is 2.26. The molecular weight excluding hydrogens is 402 g/mol. The van der Waals surface area contributed by atoms with E-state index in [1.807, 2.05) is 30.5 Å². The topological polar surface area (TPSA) is 72.4 Å². The molecule has 32 heavy (non-hydrogen) atoms. The van der Waals surface area contributed by atoms with Crippen LogP contribution in [-0.2, 0) is 29.0 Å². The second-order valence-corrected chi connectivity index (χ2v) is 7.99. The number of carbonyl (C=O) groups is 2. The van der Waals surface area contributed by atoms with Crippen LogP contribution in [0.3, 0.4) is 0 Å². The molecule has 0 aliphatic rings. The van der Waals surface area contributed by atoms with Crippen LogP contribution in [0.15, 0.2) is 54.7 Å². The Kier molecular flexibility index (Phi) is 7.71. The number of hydrogen-bond acceptors (Lipinski definition) is 3. The largest absolute Gasteiger partial charge is 0.466 e. The highest BCUT2D eigenvalue weighted by molar-refractivity contribution is 5.89. The molecule has 6 nitrogen and oxygen atoms in total. The van der Waals surface area contributed by atoms with E-state index in [0.29, 0.717) is 18.8 Å². The van der Waals surface area contributed by atoms with Crippen LogP contribution in [0.25, 0.3) is 0 Å². The summed E-state index contributed by atoms with van der Waals surface area (Å²) in [4.78, 5) is 23.9. The molecule has 0 bridgehead atoms. The predicted molar refractivity (Wildman–Crippen MR) is 127 cm³/mol. The van der Waals surface area contributed by atoms with Crippen molar-refractivity contribution in [1.29, 1.82) is 0 Å². The van der Waals surface area contributed by atoms with E-state index in [1.165, 1.54) is 22.3 Å². The maximum Gasteiger partial charge on any atom is 0.319 e. The first-order chi connectivity index (χ1) is 15.4. The Balaban J connectivity index is 1.55. The fourth-order valence-corrected chi connectivity index (χ4v) is 3.82. The molecule has 0 saturated carbocycles. The fraction of sp³-hybridized carbons (Fsp3) is 0.308. The van der Waals surface area contributed by atoms with Crippen molar-refractivity contribution in [2.45, 2.75) is 47.2 Å². The molecule has 2 aromatic carbocycles. The molecule has 0 fully saturated rings. The number of carbonyl (C=O) groups excluding carboxylic acids is 2. The van der Waals surface area contributed by atoms with Gasteiger partial charge < -0.3 is 19.9 Å². The average Bonchev–Trinajstić information content (AvgIpc) is 3.18. The number of anilines is 1. The molecule has 0 aliphatic carbocycles. The summed E-state index contributed by atoms with van der Waals surface area (Å²) in [5, 5.41) is 5.74. The molecule has 0 spiro atoms. The number of aryl methyl sites for hydroxylation is 3. The van der Waals surface area contributed by atoms with Crippen LogP contribution in [0.5, 0.6) is 0 Å². The van der Waals surface area contributed by atoms with E-state index >= 15 is 0 Å². The van der Waals surface area contributed by atoms with E-state index < -0.39 is 0 Å². The molecule has 1 aromatic heterocycles. The lowest BCUT2D eigenvalue weighted by atomic mass is 10.00. The highest BCUT2D eigenvalue weighted by Gasteiger charge is 2.09. The monoisotopic (exact) mass is 433 g/mol. The van der Waals surface area contributed by atoms with E-state index in [0.717, 1.165) is 17.8 Å². The number of ether oxygens (including phenoxy) is 1. The van der Waals surface area contributed by atoms with Crippen LogP contribution < -0.4 is 10.6 Å². The minimum Gasteiger partial charge on any atom is -0.466 e. The van der Waals surface area contributed by atoms with Crippen LogP contribution in [0.4, 0.5) is 10.5 Å². The molecule has 0 saturated heterocycles. The minimum absolute atomic E-state index is 0.219. The van der Waals surface area contributed by atoms with Gasteiger partial charge in [-0.2, -0.15) is 0 Å². The van der Waals surface area contributed by atoms with Gasteiger partial charge >= 0.3 is 12.0 Å². The highest BCUT2D eigenvalue weighted by atomic mass is 16.5. The molecule has 2 N–H and O–H groups in total. The number of nitrogens with one attached hydrogen (secondary N) is 2. The Bertz CT molecular complexity index is 1060. The van der Waals surface area contributed by atoms with Gasteiger partial charge in [0.15, 0.2) is 0 Å². The quantitative estimate of drug-likeness (QED) is 0.497. The Morgan fingerprint density at radius 3 is 2.34 bits per heavy atom. The maximum atomic E-state index is 12.4. The van der Waals surface area contributed by atoms with Gasteiger partial charge in [-0.15, -0.1) is 0 Å². The minimum atomic E-state index is -0.279. The normalized spacial score (nSPS) is 10.6. The van der Waals surface area contributed by atoms with Gasteiger partial charge in [0, 0.05) is 24.1 Å². The first-order valence-electron chi connectivity index (χ1n) is 10.9. The summed E-state index contributed by atoms with van der Waals surface area (Å²) in [6.45, 7) is 9.73. The van der Waals surface area contributed by atoms with Crippen molar-refractivity contribution in [3.8, 4) is 0 Å². The number of hydrogen-bond donors (Lipinski definition) is 2. The van der Waals surface area contributed by atoms with E-state index in [9.17, 15) is 9.59 Å². The van der Waals surface area contributed by atoms with Gasteiger partial charge in [-0.05, 0) is 74.2 Å². The molecule has 2 amide bonds. The van der Waals surface area contributed by atoms with Crippen LogP contribution >= 0.6 is 0 Å². The van der Waals surface area contributed by atoms with Crippen molar-refractivity contribution in [3.63, 3.8) is 0 Å². The predicted octanol–water partition coefficient (Wildman–Crippen LogP) is 4.89. The molecular formula is C26H31N3O3. The second-order valence-electron chi connectivity index (χ2n) is 7.99. The fourth-order valence-electron chi connectivity index (χ4n) is 3.82. The van der Waals surface area contributed by atoms with Gasteiger partial charge in [-0.25, -0.2) is 4.79 Å². The SMILES string of the molecule is CCOC(=O)Cc1ccc(NC(=O)NCc2cccn2Cc2c(C)cc(C)cc2C)cc1. The van der Waals surface area contributed by atoms with Crippen LogP contribution in [0, 0.1) is 20.8 Å². The van der Waals surface area contributed by atoms with Gasteiger partial charge in [0.1, 0.15) is 0 Å². The van der Waals surface area contributed by atoms with Gasteiger partial charge in [0.05, 0.1) is 19.6 Å². The van der Waals surface area contributed by atoms with Gasteiger partial charge in [-0.3, -0.25) is 4.79 Å². The molecule has 0 unspecified atom stereocenters. The number of benzene rings is 2. The molecule has 0 atom stereocenters. The molecule has 0 radical (unpaired) electrons. The smallest absolute Gasteiger partial charge is 0.319 e. The number of nitrogens with zero attached hydrogens (tertiary/aromatic N) is 1. The summed E-state index contributed by atoms with van der Waals surface area (Å²) >= 11 is 0. The summed E-state index contributed by atoms with van der Waals surface area (Å²) in [5.74, 6) is -0.259. The third kappa shape index (κ3) is 6.23. The third-order valence-corrected chi connectivity index (χ3v) is 5.39. The Morgan fingerprint density at radius 2 is 1.69 bits per heavy atom.